The third kappa shape index (κ3) is 2.57. The highest BCUT2D eigenvalue weighted by Gasteiger charge is 2.18. The topological polar surface area (TPSA) is 43.0 Å². The van der Waals surface area contributed by atoms with Gasteiger partial charge in [0, 0.05) is 11.6 Å². The Kier molecular flexibility index (Phi) is 4.41. The SMILES string of the molecule is [C-]#[N+]CC(O)c1cc(Cl)c(OC)cc1OC. The Morgan fingerprint density at radius 3 is 2.50 bits per heavy atom. The molecule has 0 radical (unpaired) electrons. The average Bonchev–Trinajstić information content (AvgIpc) is 2.29. The second-order valence-electron chi connectivity index (χ2n) is 3.09. The first-order chi connectivity index (χ1) is 7.63. The molecule has 1 aromatic rings. The molecule has 1 rings (SSSR count). The summed E-state index contributed by atoms with van der Waals surface area (Å²) in [7, 11) is 2.98. The predicted molar refractivity (Wildman–Crippen MR) is 61.0 cm³/mol. The van der Waals surface area contributed by atoms with Crippen LogP contribution in [0.2, 0.25) is 5.02 Å². The molecular weight excluding hydrogens is 230 g/mol. The Hall–Kier alpha value is -1.44. The minimum atomic E-state index is -0.907. The number of halogens is 1. The molecule has 4 nitrogen and oxygen atoms in total. The van der Waals surface area contributed by atoms with Gasteiger partial charge in [0.15, 0.2) is 6.10 Å². The van der Waals surface area contributed by atoms with E-state index in [9.17, 15) is 5.11 Å². The summed E-state index contributed by atoms with van der Waals surface area (Å²) in [5.41, 5.74) is 0.490. The molecule has 0 bridgehead atoms. The van der Waals surface area contributed by atoms with Crippen LogP contribution in [-0.2, 0) is 0 Å². The molecule has 1 aromatic carbocycles. The molecule has 0 spiro atoms. The molecular formula is C11H12ClNO3. The highest BCUT2D eigenvalue weighted by Crippen LogP contribution is 2.35. The van der Waals surface area contributed by atoms with E-state index in [0.717, 1.165) is 0 Å². The summed E-state index contributed by atoms with van der Waals surface area (Å²) in [4.78, 5) is 3.13. The maximum atomic E-state index is 9.73. The van der Waals surface area contributed by atoms with Gasteiger partial charge in [-0.2, -0.15) is 0 Å². The van der Waals surface area contributed by atoms with Crippen LogP contribution in [0, 0.1) is 6.57 Å². The van der Waals surface area contributed by atoms with Crippen LogP contribution in [0.4, 0.5) is 0 Å². The van der Waals surface area contributed by atoms with Gasteiger partial charge >= 0.3 is 0 Å². The van der Waals surface area contributed by atoms with Crippen LogP contribution in [0.25, 0.3) is 4.85 Å². The molecule has 0 heterocycles. The summed E-state index contributed by atoms with van der Waals surface area (Å²) in [5, 5.41) is 10.1. The van der Waals surface area contributed by atoms with E-state index in [0.29, 0.717) is 22.1 Å². The molecule has 86 valence electrons. The second-order valence-corrected chi connectivity index (χ2v) is 3.49. The fourth-order valence-corrected chi connectivity index (χ4v) is 1.58. The van der Waals surface area contributed by atoms with E-state index in [-0.39, 0.29) is 6.54 Å². The van der Waals surface area contributed by atoms with Gasteiger partial charge in [-0.15, -0.1) is 0 Å². The fraction of sp³-hybridized carbons (Fsp3) is 0.364. The van der Waals surface area contributed by atoms with Crippen molar-refractivity contribution in [1.82, 2.24) is 0 Å². The molecule has 0 saturated heterocycles. The largest absolute Gasteiger partial charge is 0.496 e. The van der Waals surface area contributed by atoms with Gasteiger partial charge in [-0.05, 0) is 6.07 Å². The van der Waals surface area contributed by atoms with E-state index >= 15 is 0 Å². The van der Waals surface area contributed by atoms with Gasteiger partial charge in [-0.1, -0.05) is 11.6 Å². The first kappa shape index (κ1) is 12.6. The zero-order valence-corrected chi connectivity index (χ0v) is 9.78. The molecule has 16 heavy (non-hydrogen) atoms. The maximum Gasteiger partial charge on any atom is 0.244 e. The lowest BCUT2D eigenvalue weighted by atomic mass is 10.1. The van der Waals surface area contributed by atoms with Crippen molar-refractivity contribution in [2.45, 2.75) is 6.10 Å². The number of hydrogen-bond donors (Lipinski definition) is 1. The maximum absolute atomic E-state index is 9.73. The average molecular weight is 242 g/mol. The summed E-state index contributed by atoms with van der Waals surface area (Å²) >= 11 is 5.93. The van der Waals surface area contributed by atoms with Crippen LogP contribution in [0.5, 0.6) is 11.5 Å². The number of aliphatic hydroxyl groups excluding tert-OH is 1. The second kappa shape index (κ2) is 5.59. The number of methoxy groups -OCH3 is 2. The van der Waals surface area contributed by atoms with Crippen molar-refractivity contribution >= 4 is 11.6 Å². The van der Waals surface area contributed by atoms with Gasteiger partial charge in [0.1, 0.15) is 11.5 Å². The quantitative estimate of drug-likeness (QED) is 0.823. The molecule has 1 atom stereocenters. The lowest BCUT2D eigenvalue weighted by Gasteiger charge is -2.13. The van der Waals surface area contributed by atoms with Crippen molar-refractivity contribution in [3.8, 4) is 11.5 Å². The van der Waals surface area contributed by atoms with E-state index in [4.69, 9.17) is 27.6 Å². The summed E-state index contributed by atoms with van der Waals surface area (Å²) in [6.07, 6.45) is -0.907. The number of ether oxygens (including phenoxy) is 2. The van der Waals surface area contributed by atoms with Gasteiger partial charge in [0.05, 0.1) is 19.2 Å². The molecule has 0 aliphatic carbocycles. The van der Waals surface area contributed by atoms with E-state index in [1.807, 2.05) is 0 Å². The minimum absolute atomic E-state index is 0.0288. The summed E-state index contributed by atoms with van der Waals surface area (Å²) in [6, 6.07) is 3.14. The number of hydrogen-bond acceptors (Lipinski definition) is 3. The van der Waals surface area contributed by atoms with Gasteiger partial charge in [-0.3, -0.25) is 0 Å². The van der Waals surface area contributed by atoms with Crippen LogP contribution >= 0.6 is 11.6 Å². The molecule has 0 fully saturated rings. The zero-order chi connectivity index (χ0) is 12.1. The molecule has 1 unspecified atom stereocenters. The van der Waals surface area contributed by atoms with Crippen molar-refractivity contribution in [2.75, 3.05) is 20.8 Å². The van der Waals surface area contributed by atoms with Crippen molar-refractivity contribution in [3.63, 3.8) is 0 Å². The first-order valence-corrected chi connectivity index (χ1v) is 4.94. The lowest BCUT2D eigenvalue weighted by molar-refractivity contribution is 0.190. The van der Waals surface area contributed by atoms with Crippen molar-refractivity contribution in [2.24, 2.45) is 0 Å². The van der Waals surface area contributed by atoms with Crippen LogP contribution in [0.1, 0.15) is 11.7 Å². The van der Waals surface area contributed by atoms with Crippen LogP contribution < -0.4 is 9.47 Å². The normalized spacial score (nSPS) is 11.7. The van der Waals surface area contributed by atoms with E-state index in [1.54, 1.807) is 12.1 Å². The van der Waals surface area contributed by atoms with Gasteiger partial charge in [0.2, 0.25) is 6.54 Å². The van der Waals surface area contributed by atoms with E-state index in [1.165, 1.54) is 14.2 Å². The number of aliphatic hydroxyl groups is 1. The molecule has 0 aliphatic heterocycles. The fourth-order valence-electron chi connectivity index (χ4n) is 1.33. The Balaban J connectivity index is 3.18. The molecule has 0 aliphatic rings. The molecule has 0 saturated carbocycles. The molecule has 0 aromatic heterocycles. The van der Waals surface area contributed by atoms with Crippen molar-refractivity contribution in [3.05, 3.63) is 34.1 Å². The third-order valence-electron chi connectivity index (χ3n) is 2.13. The monoisotopic (exact) mass is 241 g/mol. The first-order valence-electron chi connectivity index (χ1n) is 4.56. The van der Waals surface area contributed by atoms with Crippen LogP contribution in [0.15, 0.2) is 12.1 Å². The Labute approximate surface area is 99.2 Å². The van der Waals surface area contributed by atoms with Gasteiger partial charge < -0.3 is 19.4 Å². The highest BCUT2D eigenvalue weighted by atomic mass is 35.5. The molecule has 5 heteroatoms. The molecule has 1 N–H and O–H groups in total. The van der Waals surface area contributed by atoms with E-state index < -0.39 is 6.10 Å². The minimum Gasteiger partial charge on any atom is -0.496 e. The van der Waals surface area contributed by atoms with Crippen LogP contribution in [0.3, 0.4) is 0 Å². The van der Waals surface area contributed by atoms with Crippen LogP contribution in [-0.4, -0.2) is 25.9 Å². The lowest BCUT2D eigenvalue weighted by Crippen LogP contribution is -2.03. The molecule has 0 amide bonds. The van der Waals surface area contributed by atoms with Gasteiger partial charge in [-0.25, -0.2) is 6.57 Å². The highest BCUT2D eigenvalue weighted by molar-refractivity contribution is 6.32. The standard InChI is InChI=1S/C11H12ClNO3/c1-13-6-9(14)7-4-8(12)11(16-3)5-10(7)15-2/h4-5,9,14H,6H2,2-3H3. The van der Waals surface area contributed by atoms with E-state index in [2.05, 4.69) is 4.85 Å². The Bertz CT molecular complexity index is 414. The summed E-state index contributed by atoms with van der Waals surface area (Å²) < 4.78 is 10.1. The number of nitrogens with zero attached hydrogens (tertiary/aromatic N) is 1. The Morgan fingerprint density at radius 2 is 2.00 bits per heavy atom. The van der Waals surface area contributed by atoms with Crippen molar-refractivity contribution in [1.29, 1.82) is 0 Å². The number of rotatable bonds is 4. The number of benzene rings is 1. The van der Waals surface area contributed by atoms with Crippen molar-refractivity contribution < 1.29 is 14.6 Å². The Morgan fingerprint density at radius 1 is 1.38 bits per heavy atom. The predicted octanol–water partition coefficient (Wildman–Crippen LogP) is 2.31. The zero-order valence-electron chi connectivity index (χ0n) is 9.03. The van der Waals surface area contributed by atoms with Gasteiger partial charge in [0.25, 0.3) is 0 Å². The summed E-state index contributed by atoms with van der Waals surface area (Å²) in [6.45, 7) is 6.68. The third-order valence-corrected chi connectivity index (χ3v) is 2.42. The summed E-state index contributed by atoms with van der Waals surface area (Å²) in [5.74, 6) is 0.926. The smallest absolute Gasteiger partial charge is 0.244 e.